The molecule has 0 spiro atoms. The summed E-state index contributed by atoms with van der Waals surface area (Å²) in [6, 6.07) is 3.98. The van der Waals surface area contributed by atoms with Crippen molar-refractivity contribution in [2.45, 2.75) is 45.7 Å². The van der Waals surface area contributed by atoms with Gasteiger partial charge in [0.05, 0.1) is 0 Å². The summed E-state index contributed by atoms with van der Waals surface area (Å²) in [7, 11) is 0. The second-order valence-corrected chi connectivity index (χ2v) is 6.35. The molecule has 2 rings (SSSR count). The van der Waals surface area contributed by atoms with Crippen LogP contribution in [0, 0.1) is 5.92 Å². The molecule has 2 heterocycles. The van der Waals surface area contributed by atoms with Gasteiger partial charge in [-0.1, -0.05) is 13.8 Å². The topological polar surface area (TPSA) is 40.5 Å². The Labute approximate surface area is 112 Å². The van der Waals surface area contributed by atoms with Crippen LogP contribution in [0.4, 0.5) is 0 Å². The van der Waals surface area contributed by atoms with Gasteiger partial charge in [-0.2, -0.15) is 0 Å². The fraction of sp³-hybridized carbons (Fsp3) is 0.643. The van der Waals surface area contributed by atoms with Crippen molar-refractivity contribution >= 4 is 17.3 Å². The predicted molar refractivity (Wildman–Crippen MR) is 73.9 cm³/mol. The summed E-state index contributed by atoms with van der Waals surface area (Å²) < 4.78 is 0. The number of rotatable bonds is 4. The number of aliphatic carboxylic acids is 1. The quantitative estimate of drug-likeness (QED) is 0.911. The lowest BCUT2D eigenvalue weighted by atomic mass is 9.91. The molecule has 0 aromatic carbocycles. The van der Waals surface area contributed by atoms with Crippen LogP contribution < -0.4 is 0 Å². The van der Waals surface area contributed by atoms with E-state index in [-0.39, 0.29) is 12.0 Å². The molecule has 0 bridgehead atoms. The van der Waals surface area contributed by atoms with Crippen LogP contribution >= 0.6 is 11.3 Å². The van der Waals surface area contributed by atoms with Gasteiger partial charge in [-0.15, -0.1) is 11.3 Å². The Hall–Kier alpha value is -0.870. The Morgan fingerprint density at radius 3 is 2.83 bits per heavy atom. The maximum Gasteiger partial charge on any atom is 0.321 e. The van der Waals surface area contributed by atoms with Gasteiger partial charge in [0, 0.05) is 16.3 Å². The van der Waals surface area contributed by atoms with Gasteiger partial charge in [0.1, 0.15) is 6.04 Å². The normalized spacial score (nSPS) is 25.2. The molecule has 1 aliphatic rings. The lowest BCUT2D eigenvalue weighted by Gasteiger charge is -2.36. The highest BCUT2D eigenvalue weighted by Crippen LogP contribution is 2.27. The number of hydrogen-bond donors (Lipinski definition) is 1. The second kappa shape index (κ2) is 5.85. The van der Waals surface area contributed by atoms with E-state index in [9.17, 15) is 9.90 Å². The molecule has 2 unspecified atom stereocenters. The van der Waals surface area contributed by atoms with E-state index in [2.05, 4.69) is 30.9 Å². The van der Waals surface area contributed by atoms with Crippen molar-refractivity contribution in [2.24, 2.45) is 5.92 Å². The number of thiophene rings is 1. The van der Waals surface area contributed by atoms with Gasteiger partial charge in [-0.05, 0) is 43.9 Å². The van der Waals surface area contributed by atoms with E-state index in [1.54, 1.807) is 11.3 Å². The van der Waals surface area contributed by atoms with Crippen molar-refractivity contribution in [1.29, 1.82) is 0 Å². The van der Waals surface area contributed by atoms with E-state index in [4.69, 9.17) is 0 Å². The van der Waals surface area contributed by atoms with E-state index in [0.29, 0.717) is 0 Å². The number of carbonyl (C=O) groups is 1. The van der Waals surface area contributed by atoms with Gasteiger partial charge in [-0.3, -0.25) is 9.69 Å². The van der Waals surface area contributed by atoms with Crippen molar-refractivity contribution < 1.29 is 9.90 Å². The Morgan fingerprint density at radius 1 is 1.50 bits per heavy atom. The largest absolute Gasteiger partial charge is 0.480 e. The van der Waals surface area contributed by atoms with E-state index >= 15 is 0 Å². The summed E-state index contributed by atoms with van der Waals surface area (Å²) in [6.45, 7) is 5.89. The molecule has 0 radical (unpaired) electrons. The number of hydrogen-bond acceptors (Lipinski definition) is 3. The molecule has 0 amide bonds. The van der Waals surface area contributed by atoms with Gasteiger partial charge in [0.2, 0.25) is 0 Å². The maximum absolute atomic E-state index is 11.4. The first-order chi connectivity index (χ1) is 8.61. The fourth-order valence-electron chi connectivity index (χ4n) is 2.75. The molecule has 18 heavy (non-hydrogen) atoms. The van der Waals surface area contributed by atoms with Crippen molar-refractivity contribution in [2.75, 3.05) is 6.54 Å². The molecule has 3 nitrogen and oxygen atoms in total. The first kappa shape index (κ1) is 13.6. The van der Waals surface area contributed by atoms with Crippen LogP contribution in [0.25, 0.3) is 0 Å². The summed E-state index contributed by atoms with van der Waals surface area (Å²) in [6.07, 6.45) is 3.19. The smallest absolute Gasteiger partial charge is 0.321 e. The standard InChI is InChI=1S/C14H21NO2S/c1-3-11-6-7-12(18-11)9-15-8-4-5-10(2)13(15)14(16)17/h6-7,10,13H,3-5,8-9H2,1-2H3,(H,16,17). The molecule has 2 atom stereocenters. The van der Waals surface area contributed by atoms with E-state index in [0.717, 1.165) is 32.4 Å². The lowest BCUT2D eigenvalue weighted by Crippen LogP contribution is -2.48. The van der Waals surface area contributed by atoms with Gasteiger partial charge in [-0.25, -0.2) is 0 Å². The lowest BCUT2D eigenvalue weighted by molar-refractivity contribution is -0.147. The molecular formula is C14H21NO2S. The zero-order valence-corrected chi connectivity index (χ0v) is 11.9. The average Bonchev–Trinajstić information content (AvgIpc) is 2.76. The molecule has 0 aliphatic carbocycles. The highest BCUT2D eigenvalue weighted by Gasteiger charge is 2.34. The summed E-state index contributed by atoms with van der Waals surface area (Å²) in [5.74, 6) is -0.420. The molecule has 0 saturated carbocycles. The third kappa shape index (κ3) is 2.93. The SMILES string of the molecule is CCc1ccc(CN2CCCC(C)C2C(=O)O)s1. The van der Waals surface area contributed by atoms with Crippen molar-refractivity contribution in [3.8, 4) is 0 Å². The molecule has 1 aliphatic heterocycles. The molecule has 1 fully saturated rings. The van der Waals surface area contributed by atoms with Crippen LogP contribution in [0.5, 0.6) is 0 Å². The Morgan fingerprint density at radius 2 is 2.22 bits per heavy atom. The van der Waals surface area contributed by atoms with E-state index < -0.39 is 5.97 Å². The van der Waals surface area contributed by atoms with Crippen LogP contribution in [-0.2, 0) is 17.8 Å². The molecule has 1 saturated heterocycles. The van der Waals surface area contributed by atoms with Crippen LogP contribution in [0.2, 0.25) is 0 Å². The molecule has 1 aromatic heterocycles. The fourth-order valence-corrected chi connectivity index (χ4v) is 3.73. The third-order valence-electron chi connectivity index (χ3n) is 3.71. The maximum atomic E-state index is 11.4. The summed E-state index contributed by atoms with van der Waals surface area (Å²) in [5, 5.41) is 9.37. The zero-order valence-electron chi connectivity index (χ0n) is 11.1. The van der Waals surface area contributed by atoms with E-state index in [1.165, 1.54) is 9.75 Å². The second-order valence-electron chi connectivity index (χ2n) is 5.09. The third-order valence-corrected chi connectivity index (χ3v) is 4.93. The number of aryl methyl sites for hydroxylation is 1. The molecule has 4 heteroatoms. The van der Waals surface area contributed by atoms with Crippen LogP contribution in [0.3, 0.4) is 0 Å². The summed E-state index contributed by atoms with van der Waals surface area (Å²) in [5.41, 5.74) is 0. The zero-order chi connectivity index (χ0) is 13.1. The number of piperidine rings is 1. The van der Waals surface area contributed by atoms with Gasteiger partial charge in [0.25, 0.3) is 0 Å². The number of likely N-dealkylation sites (tertiary alicyclic amines) is 1. The van der Waals surface area contributed by atoms with Crippen molar-refractivity contribution in [3.63, 3.8) is 0 Å². The number of carboxylic acid groups (broad SMARTS) is 1. The van der Waals surface area contributed by atoms with Crippen LogP contribution in [0.1, 0.15) is 36.4 Å². The number of carboxylic acids is 1. The Kier molecular flexibility index (Phi) is 4.40. The predicted octanol–water partition coefficient (Wildman–Crippen LogP) is 3.00. The van der Waals surface area contributed by atoms with Crippen LogP contribution in [-0.4, -0.2) is 28.6 Å². The summed E-state index contributed by atoms with van der Waals surface area (Å²) >= 11 is 1.81. The van der Waals surface area contributed by atoms with Gasteiger partial charge < -0.3 is 5.11 Å². The molecule has 1 N–H and O–H groups in total. The van der Waals surface area contributed by atoms with Crippen molar-refractivity contribution in [1.82, 2.24) is 4.90 Å². The van der Waals surface area contributed by atoms with Gasteiger partial charge >= 0.3 is 5.97 Å². The monoisotopic (exact) mass is 267 g/mol. The number of nitrogens with zero attached hydrogens (tertiary/aromatic N) is 1. The summed E-state index contributed by atoms with van der Waals surface area (Å²) in [4.78, 5) is 16.2. The highest BCUT2D eigenvalue weighted by atomic mass is 32.1. The molecule has 1 aromatic rings. The van der Waals surface area contributed by atoms with Crippen LogP contribution in [0.15, 0.2) is 12.1 Å². The van der Waals surface area contributed by atoms with Gasteiger partial charge in [0.15, 0.2) is 0 Å². The highest BCUT2D eigenvalue weighted by molar-refractivity contribution is 7.11. The minimum Gasteiger partial charge on any atom is -0.480 e. The van der Waals surface area contributed by atoms with Crippen molar-refractivity contribution in [3.05, 3.63) is 21.9 Å². The molecular weight excluding hydrogens is 246 g/mol. The minimum absolute atomic E-state index is 0.252. The first-order valence-corrected chi connectivity index (χ1v) is 7.48. The first-order valence-electron chi connectivity index (χ1n) is 6.66. The minimum atomic E-state index is -0.672. The molecule has 100 valence electrons. The Balaban J connectivity index is 2.08. The Bertz CT molecular complexity index is 416. The van der Waals surface area contributed by atoms with E-state index in [1.807, 2.05) is 0 Å². The average molecular weight is 267 g/mol.